The summed E-state index contributed by atoms with van der Waals surface area (Å²) in [5.41, 5.74) is 8.11. The fraction of sp³-hybridized carbons (Fsp3) is 0.625. The van der Waals surface area contributed by atoms with E-state index in [1.54, 1.807) is 12.1 Å². The van der Waals surface area contributed by atoms with Gasteiger partial charge in [0.15, 0.2) is 0 Å². The minimum Gasteiger partial charge on any atom is -0.508 e. The molecule has 0 radical (unpaired) electrons. The number of nitrogens with two attached hydrogens (primary N) is 1. The Labute approximate surface area is 108 Å². The van der Waals surface area contributed by atoms with Crippen molar-refractivity contribution in [3.63, 3.8) is 0 Å². The molecule has 1 aromatic carbocycles. The molecule has 0 unspecified atom stereocenters. The van der Waals surface area contributed by atoms with Crippen LogP contribution < -0.4 is 5.73 Å². The van der Waals surface area contributed by atoms with E-state index in [9.17, 15) is 5.11 Å². The van der Waals surface area contributed by atoms with E-state index in [2.05, 4.69) is 0 Å². The number of benzene rings is 1. The summed E-state index contributed by atoms with van der Waals surface area (Å²) in [5.74, 6) is 3.16. The van der Waals surface area contributed by atoms with Gasteiger partial charge in [0.2, 0.25) is 0 Å². The van der Waals surface area contributed by atoms with Gasteiger partial charge < -0.3 is 10.8 Å². The molecule has 3 N–H and O–H groups in total. The minimum atomic E-state index is 0.244. The van der Waals surface area contributed by atoms with Gasteiger partial charge in [0, 0.05) is 11.3 Å². The highest BCUT2D eigenvalue weighted by molar-refractivity contribution is 5.51. The number of rotatable bonds is 1. The SMILES string of the molecule is Nc1ccc(O)c(C23CC4CC(CC(C4)C2)C3)c1. The van der Waals surface area contributed by atoms with Crippen LogP contribution in [0.25, 0.3) is 0 Å². The van der Waals surface area contributed by atoms with E-state index in [0.717, 1.165) is 29.0 Å². The molecule has 0 amide bonds. The van der Waals surface area contributed by atoms with Gasteiger partial charge in [-0.3, -0.25) is 0 Å². The molecule has 5 rings (SSSR count). The summed E-state index contributed by atoms with van der Waals surface area (Å²) in [7, 11) is 0. The van der Waals surface area contributed by atoms with Crippen LogP contribution in [0, 0.1) is 17.8 Å². The average molecular weight is 243 g/mol. The van der Waals surface area contributed by atoms with Gasteiger partial charge >= 0.3 is 0 Å². The average Bonchev–Trinajstić information content (AvgIpc) is 2.30. The molecule has 4 aliphatic rings. The number of phenols is 1. The lowest BCUT2D eigenvalue weighted by Crippen LogP contribution is -2.48. The first kappa shape index (κ1) is 10.7. The van der Waals surface area contributed by atoms with Crippen molar-refractivity contribution in [1.82, 2.24) is 0 Å². The van der Waals surface area contributed by atoms with Crippen LogP contribution in [0.5, 0.6) is 5.75 Å². The van der Waals surface area contributed by atoms with E-state index >= 15 is 0 Å². The highest BCUT2D eigenvalue weighted by atomic mass is 16.3. The monoisotopic (exact) mass is 243 g/mol. The summed E-state index contributed by atoms with van der Waals surface area (Å²) in [4.78, 5) is 0. The third-order valence-electron chi connectivity index (χ3n) is 5.63. The number of phenolic OH excluding ortho intramolecular Hbond substituents is 1. The van der Waals surface area contributed by atoms with Gasteiger partial charge in [-0.15, -0.1) is 0 Å². The van der Waals surface area contributed by atoms with Crippen molar-refractivity contribution in [2.45, 2.75) is 43.9 Å². The van der Waals surface area contributed by atoms with Gasteiger partial charge in [0.1, 0.15) is 5.75 Å². The van der Waals surface area contributed by atoms with Crippen molar-refractivity contribution in [3.8, 4) is 5.75 Å². The third-order valence-corrected chi connectivity index (χ3v) is 5.63. The molecule has 4 bridgehead atoms. The maximum atomic E-state index is 10.2. The second kappa shape index (κ2) is 3.43. The van der Waals surface area contributed by atoms with Crippen LogP contribution in [-0.4, -0.2) is 5.11 Å². The second-order valence-electron chi connectivity index (χ2n) is 6.97. The van der Waals surface area contributed by atoms with E-state index in [-0.39, 0.29) is 5.41 Å². The molecular formula is C16H21NO. The molecule has 0 spiro atoms. The van der Waals surface area contributed by atoms with Crippen LogP contribution >= 0.6 is 0 Å². The van der Waals surface area contributed by atoms with E-state index in [4.69, 9.17) is 5.73 Å². The fourth-order valence-electron chi connectivity index (χ4n) is 5.42. The van der Waals surface area contributed by atoms with E-state index in [1.165, 1.54) is 38.5 Å². The summed E-state index contributed by atoms with van der Waals surface area (Å²) in [5, 5.41) is 10.2. The molecule has 0 aliphatic heterocycles. The molecule has 18 heavy (non-hydrogen) atoms. The Morgan fingerprint density at radius 2 is 1.56 bits per heavy atom. The first-order valence-corrected chi connectivity index (χ1v) is 7.24. The van der Waals surface area contributed by atoms with Crippen LogP contribution in [-0.2, 0) is 5.41 Å². The van der Waals surface area contributed by atoms with Crippen LogP contribution in [0.4, 0.5) is 5.69 Å². The van der Waals surface area contributed by atoms with Crippen LogP contribution in [0.3, 0.4) is 0 Å². The molecular weight excluding hydrogens is 222 g/mol. The molecule has 4 saturated carbocycles. The summed E-state index contributed by atoms with van der Waals surface area (Å²) < 4.78 is 0. The van der Waals surface area contributed by atoms with Gasteiger partial charge in [-0.05, 0) is 79.9 Å². The highest BCUT2D eigenvalue weighted by Gasteiger charge is 2.52. The molecule has 2 heteroatoms. The predicted octanol–water partition coefficient (Wildman–Crippen LogP) is 3.44. The molecule has 0 heterocycles. The molecule has 4 fully saturated rings. The second-order valence-corrected chi connectivity index (χ2v) is 6.97. The number of aromatic hydroxyl groups is 1. The molecule has 4 aliphatic carbocycles. The summed E-state index contributed by atoms with van der Waals surface area (Å²) >= 11 is 0. The Hall–Kier alpha value is -1.18. The van der Waals surface area contributed by atoms with E-state index in [1.807, 2.05) is 6.07 Å². The fourth-order valence-corrected chi connectivity index (χ4v) is 5.42. The van der Waals surface area contributed by atoms with Crippen LogP contribution in [0.1, 0.15) is 44.1 Å². The van der Waals surface area contributed by atoms with Gasteiger partial charge in [0.25, 0.3) is 0 Å². The van der Waals surface area contributed by atoms with Crippen molar-refractivity contribution in [3.05, 3.63) is 23.8 Å². The zero-order valence-electron chi connectivity index (χ0n) is 10.7. The summed E-state index contributed by atoms with van der Waals surface area (Å²) in [6.45, 7) is 0. The number of hydrogen-bond donors (Lipinski definition) is 2. The lowest BCUT2D eigenvalue weighted by Gasteiger charge is -2.57. The van der Waals surface area contributed by atoms with Gasteiger partial charge in [0.05, 0.1) is 0 Å². The largest absolute Gasteiger partial charge is 0.508 e. The topological polar surface area (TPSA) is 46.2 Å². The lowest BCUT2D eigenvalue weighted by molar-refractivity contribution is -0.00610. The number of hydrogen-bond acceptors (Lipinski definition) is 2. The van der Waals surface area contributed by atoms with Gasteiger partial charge in [-0.25, -0.2) is 0 Å². The normalized spacial score (nSPS) is 41.2. The van der Waals surface area contributed by atoms with E-state index in [0.29, 0.717) is 5.75 Å². The Morgan fingerprint density at radius 3 is 2.11 bits per heavy atom. The smallest absolute Gasteiger partial charge is 0.119 e. The minimum absolute atomic E-state index is 0.244. The maximum absolute atomic E-state index is 10.2. The Balaban J connectivity index is 1.81. The molecule has 1 aromatic rings. The third kappa shape index (κ3) is 1.41. The standard InChI is InChI=1S/C16H21NO/c17-13-1-2-15(18)14(6-13)16-7-10-3-11(8-16)5-12(4-10)9-16/h1-2,6,10-12,18H,3-5,7-9,17H2. The number of anilines is 1. The molecule has 96 valence electrons. The van der Waals surface area contributed by atoms with Gasteiger partial charge in [-0.2, -0.15) is 0 Å². The van der Waals surface area contributed by atoms with Crippen molar-refractivity contribution < 1.29 is 5.11 Å². The highest BCUT2D eigenvalue weighted by Crippen LogP contribution is 2.61. The summed E-state index contributed by atoms with van der Waals surface area (Å²) in [6.07, 6.45) is 8.12. The molecule has 0 aromatic heterocycles. The Kier molecular flexibility index (Phi) is 2.04. The number of nitrogen functional groups attached to an aromatic ring is 1. The van der Waals surface area contributed by atoms with Crippen molar-refractivity contribution in [1.29, 1.82) is 0 Å². The lowest BCUT2D eigenvalue weighted by atomic mass is 9.48. The first-order valence-electron chi connectivity index (χ1n) is 7.24. The predicted molar refractivity (Wildman–Crippen MR) is 72.4 cm³/mol. The Bertz CT molecular complexity index is 459. The van der Waals surface area contributed by atoms with E-state index < -0.39 is 0 Å². The van der Waals surface area contributed by atoms with Gasteiger partial charge in [-0.1, -0.05) is 0 Å². The molecule has 2 nitrogen and oxygen atoms in total. The molecule has 0 saturated heterocycles. The van der Waals surface area contributed by atoms with Crippen molar-refractivity contribution >= 4 is 5.69 Å². The van der Waals surface area contributed by atoms with Crippen LogP contribution in [0.15, 0.2) is 18.2 Å². The Morgan fingerprint density at radius 1 is 1.00 bits per heavy atom. The summed E-state index contributed by atoms with van der Waals surface area (Å²) in [6, 6.07) is 5.62. The maximum Gasteiger partial charge on any atom is 0.119 e. The van der Waals surface area contributed by atoms with Crippen molar-refractivity contribution in [2.24, 2.45) is 17.8 Å². The first-order chi connectivity index (χ1) is 8.64. The van der Waals surface area contributed by atoms with Crippen molar-refractivity contribution in [2.75, 3.05) is 5.73 Å². The molecule has 0 atom stereocenters. The van der Waals surface area contributed by atoms with Crippen LogP contribution in [0.2, 0.25) is 0 Å². The zero-order valence-corrected chi connectivity index (χ0v) is 10.7. The zero-order chi connectivity index (χ0) is 12.3. The quantitative estimate of drug-likeness (QED) is 0.586.